The molecule has 4 rings (SSSR count). The van der Waals surface area contributed by atoms with Gasteiger partial charge in [0.15, 0.2) is 11.5 Å². The molecule has 8 nitrogen and oxygen atoms in total. The van der Waals surface area contributed by atoms with Gasteiger partial charge >= 0.3 is 0 Å². The molecule has 8 heteroatoms. The van der Waals surface area contributed by atoms with Crippen LogP contribution in [0.5, 0.6) is 11.5 Å². The van der Waals surface area contributed by atoms with Crippen LogP contribution in [0.2, 0.25) is 0 Å². The lowest BCUT2D eigenvalue weighted by Gasteiger charge is -2.25. The number of nitrogens with zero attached hydrogens (tertiary/aromatic N) is 2. The average Bonchev–Trinajstić information content (AvgIpc) is 3.29. The molecule has 0 aromatic heterocycles. The predicted octanol–water partition coefficient (Wildman–Crippen LogP) is 2.01. The number of ether oxygens (including phenoxy) is 2. The highest BCUT2D eigenvalue weighted by atomic mass is 16.5. The van der Waals surface area contributed by atoms with Gasteiger partial charge in [-0.3, -0.25) is 14.4 Å². The molecule has 0 saturated carbocycles. The fraction of sp³-hybridized carbons (Fsp3) is 0.375. The van der Waals surface area contributed by atoms with Crippen LogP contribution in [0.1, 0.15) is 28.8 Å². The fourth-order valence-corrected chi connectivity index (χ4v) is 4.35. The summed E-state index contributed by atoms with van der Waals surface area (Å²) in [5.41, 5.74) is 1.95. The highest BCUT2D eigenvalue weighted by molar-refractivity contribution is 6.12. The Morgan fingerprint density at radius 3 is 2.66 bits per heavy atom. The number of methoxy groups -OCH3 is 2. The third kappa shape index (κ3) is 4.12. The number of hydrogen-bond donors (Lipinski definition) is 1. The highest BCUT2D eigenvalue weighted by Crippen LogP contribution is 2.32. The number of para-hydroxylation sites is 1. The Balaban J connectivity index is 1.44. The van der Waals surface area contributed by atoms with E-state index in [2.05, 4.69) is 5.32 Å². The Bertz CT molecular complexity index is 1040. The summed E-state index contributed by atoms with van der Waals surface area (Å²) < 4.78 is 10.6. The summed E-state index contributed by atoms with van der Waals surface area (Å²) in [6.45, 7) is 0.848. The van der Waals surface area contributed by atoms with Crippen molar-refractivity contribution in [3.8, 4) is 11.5 Å². The maximum atomic E-state index is 13.2. The summed E-state index contributed by atoms with van der Waals surface area (Å²) in [5, 5.41) is 2.88. The van der Waals surface area contributed by atoms with Crippen molar-refractivity contribution in [3.05, 3.63) is 53.6 Å². The van der Waals surface area contributed by atoms with E-state index in [1.807, 2.05) is 18.2 Å². The first-order valence-electron chi connectivity index (χ1n) is 10.7. The Morgan fingerprint density at radius 1 is 1.09 bits per heavy atom. The summed E-state index contributed by atoms with van der Waals surface area (Å²) >= 11 is 0. The lowest BCUT2D eigenvalue weighted by molar-refractivity contribution is -0.125. The zero-order chi connectivity index (χ0) is 22.7. The normalized spacial score (nSPS) is 17.5. The third-order valence-corrected chi connectivity index (χ3v) is 5.98. The van der Waals surface area contributed by atoms with Crippen molar-refractivity contribution in [3.63, 3.8) is 0 Å². The SMILES string of the molecule is COc1ccc(CCNC(=O)CN2C(=O)[C@H]3CCCN3C(=O)c3ccccc32)cc1OC. The van der Waals surface area contributed by atoms with E-state index >= 15 is 0 Å². The number of nitrogens with one attached hydrogen (secondary N) is 1. The van der Waals surface area contributed by atoms with E-state index in [1.54, 1.807) is 43.4 Å². The molecule has 1 fully saturated rings. The molecule has 0 aliphatic carbocycles. The minimum Gasteiger partial charge on any atom is -0.493 e. The van der Waals surface area contributed by atoms with Crippen LogP contribution >= 0.6 is 0 Å². The first kappa shape index (κ1) is 21.7. The molecule has 2 aromatic rings. The Hall–Kier alpha value is -3.55. The molecule has 2 heterocycles. The van der Waals surface area contributed by atoms with Gasteiger partial charge in [0.05, 0.1) is 25.5 Å². The topological polar surface area (TPSA) is 88.2 Å². The van der Waals surface area contributed by atoms with E-state index in [9.17, 15) is 14.4 Å². The molecule has 1 saturated heterocycles. The van der Waals surface area contributed by atoms with Crippen molar-refractivity contribution in [2.75, 3.05) is 38.8 Å². The molecule has 32 heavy (non-hydrogen) atoms. The van der Waals surface area contributed by atoms with Crippen molar-refractivity contribution in [2.24, 2.45) is 0 Å². The van der Waals surface area contributed by atoms with E-state index < -0.39 is 6.04 Å². The fourth-order valence-electron chi connectivity index (χ4n) is 4.35. The maximum Gasteiger partial charge on any atom is 0.256 e. The number of hydrogen-bond acceptors (Lipinski definition) is 5. The smallest absolute Gasteiger partial charge is 0.256 e. The summed E-state index contributed by atoms with van der Waals surface area (Å²) in [5.74, 6) is 0.666. The van der Waals surface area contributed by atoms with Crippen LogP contribution in [0.25, 0.3) is 0 Å². The molecule has 0 unspecified atom stereocenters. The van der Waals surface area contributed by atoms with E-state index in [4.69, 9.17) is 9.47 Å². The van der Waals surface area contributed by atoms with Crippen LogP contribution in [0.4, 0.5) is 5.69 Å². The minimum atomic E-state index is -0.505. The summed E-state index contributed by atoms with van der Waals surface area (Å²) in [4.78, 5) is 42.0. The van der Waals surface area contributed by atoms with Crippen LogP contribution in [-0.2, 0) is 16.0 Å². The largest absolute Gasteiger partial charge is 0.493 e. The molecule has 0 radical (unpaired) electrons. The van der Waals surface area contributed by atoms with Crippen molar-refractivity contribution in [2.45, 2.75) is 25.3 Å². The molecule has 1 N–H and O–H groups in total. The van der Waals surface area contributed by atoms with E-state index in [1.165, 1.54) is 4.90 Å². The van der Waals surface area contributed by atoms with Gasteiger partial charge in [-0.25, -0.2) is 0 Å². The van der Waals surface area contributed by atoms with Gasteiger partial charge in [0.25, 0.3) is 5.91 Å². The predicted molar refractivity (Wildman–Crippen MR) is 119 cm³/mol. The van der Waals surface area contributed by atoms with Gasteiger partial charge in [0, 0.05) is 13.1 Å². The molecule has 0 spiro atoms. The number of carbonyl (C=O) groups is 3. The second-order valence-corrected chi connectivity index (χ2v) is 7.89. The lowest BCUT2D eigenvalue weighted by atomic mass is 10.1. The molecular weight excluding hydrogens is 410 g/mol. The van der Waals surface area contributed by atoms with Crippen LogP contribution in [0, 0.1) is 0 Å². The molecule has 168 valence electrons. The van der Waals surface area contributed by atoms with Gasteiger partial charge in [-0.15, -0.1) is 0 Å². The lowest BCUT2D eigenvalue weighted by Crippen LogP contribution is -2.48. The molecule has 2 aliphatic rings. The molecule has 2 aliphatic heterocycles. The Labute approximate surface area is 187 Å². The molecular formula is C24H27N3O5. The van der Waals surface area contributed by atoms with Crippen LogP contribution in [0.3, 0.4) is 0 Å². The zero-order valence-corrected chi connectivity index (χ0v) is 18.3. The zero-order valence-electron chi connectivity index (χ0n) is 18.3. The first-order valence-corrected chi connectivity index (χ1v) is 10.7. The Kier molecular flexibility index (Phi) is 6.30. The summed E-state index contributed by atoms with van der Waals surface area (Å²) in [7, 11) is 3.16. The van der Waals surface area contributed by atoms with E-state index in [0.717, 1.165) is 12.0 Å². The second kappa shape index (κ2) is 9.30. The van der Waals surface area contributed by atoms with E-state index in [-0.39, 0.29) is 24.3 Å². The Morgan fingerprint density at radius 2 is 1.88 bits per heavy atom. The number of anilines is 1. The summed E-state index contributed by atoms with van der Waals surface area (Å²) in [6, 6.07) is 12.1. The van der Waals surface area contributed by atoms with Gasteiger partial charge in [0.2, 0.25) is 11.8 Å². The molecule has 3 amide bonds. The third-order valence-electron chi connectivity index (χ3n) is 5.98. The highest BCUT2D eigenvalue weighted by Gasteiger charge is 2.42. The van der Waals surface area contributed by atoms with Gasteiger partial charge in [-0.1, -0.05) is 18.2 Å². The second-order valence-electron chi connectivity index (χ2n) is 7.89. The maximum absolute atomic E-state index is 13.2. The molecule has 1 atom stereocenters. The number of rotatable bonds is 7. The first-order chi connectivity index (χ1) is 15.5. The van der Waals surface area contributed by atoms with Gasteiger partial charge in [0.1, 0.15) is 12.6 Å². The average molecular weight is 437 g/mol. The van der Waals surface area contributed by atoms with Gasteiger partial charge in [-0.2, -0.15) is 0 Å². The standard InChI is InChI=1S/C24H27N3O5/c1-31-20-10-9-16(14-21(20)32-2)11-12-25-22(28)15-27-18-7-4-3-6-17(18)23(29)26-13-5-8-19(26)24(27)30/h3-4,6-7,9-10,14,19H,5,8,11-13,15H2,1-2H3,(H,25,28)/t19-/m1/s1. The van der Waals surface area contributed by atoms with Gasteiger partial charge < -0.3 is 24.6 Å². The van der Waals surface area contributed by atoms with Crippen molar-refractivity contribution in [1.82, 2.24) is 10.2 Å². The van der Waals surface area contributed by atoms with Crippen LogP contribution < -0.4 is 19.7 Å². The monoisotopic (exact) mass is 437 g/mol. The minimum absolute atomic E-state index is 0.126. The molecule has 0 bridgehead atoms. The van der Waals surface area contributed by atoms with Crippen molar-refractivity contribution in [1.29, 1.82) is 0 Å². The van der Waals surface area contributed by atoms with Crippen LogP contribution in [0.15, 0.2) is 42.5 Å². The number of fused-ring (bicyclic) bond motifs is 2. The van der Waals surface area contributed by atoms with Crippen LogP contribution in [-0.4, -0.2) is 62.5 Å². The number of amides is 3. The van der Waals surface area contributed by atoms with Crippen molar-refractivity contribution < 1.29 is 23.9 Å². The van der Waals surface area contributed by atoms with E-state index in [0.29, 0.717) is 48.7 Å². The number of carbonyl (C=O) groups excluding carboxylic acids is 3. The molecule has 2 aromatic carbocycles. The van der Waals surface area contributed by atoms with Crippen molar-refractivity contribution >= 4 is 23.4 Å². The quantitative estimate of drug-likeness (QED) is 0.716. The number of benzene rings is 2. The van der Waals surface area contributed by atoms with Gasteiger partial charge in [-0.05, 0) is 49.1 Å². The summed E-state index contributed by atoms with van der Waals surface area (Å²) in [6.07, 6.45) is 2.01.